The maximum Gasteiger partial charge on any atom is 0.188 e. The van der Waals surface area contributed by atoms with Gasteiger partial charge in [-0.05, 0) is 37.5 Å². The lowest BCUT2D eigenvalue weighted by molar-refractivity contribution is 0.205. The van der Waals surface area contributed by atoms with Crippen molar-refractivity contribution < 1.29 is 0 Å². The first-order chi connectivity index (χ1) is 5.81. The molecule has 0 aromatic carbocycles. The van der Waals surface area contributed by atoms with Gasteiger partial charge in [0.25, 0.3) is 0 Å². The number of nitrogens with two attached hydrogens (primary N) is 1. The molecule has 0 aliphatic heterocycles. The lowest BCUT2D eigenvalue weighted by Gasteiger charge is -2.37. The van der Waals surface area contributed by atoms with E-state index in [1.807, 2.05) is 0 Å². The lowest BCUT2D eigenvalue weighted by atomic mass is 9.76. The molecule has 3 nitrogen and oxygen atoms in total. The van der Waals surface area contributed by atoms with E-state index in [-0.39, 0.29) is 24.0 Å². The molecule has 0 saturated heterocycles. The van der Waals surface area contributed by atoms with E-state index >= 15 is 0 Å². The summed E-state index contributed by atoms with van der Waals surface area (Å²) in [6.07, 6.45) is 5.54. The third kappa shape index (κ3) is 2.48. The van der Waals surface area contributed by atoms with Crippen LogP contribution in [0.5, 0.6) is 0 Å². The second-order valence-electron chi connectivity index (χ2n) is 3.94. The van der Waals surface area contributed by atoms with Gasteiger partial charge in [-0.1, -0.05) is 0 Å². The second-order valence-corrected chi connectivity index (χ2v) is 3.94. The lowest BCUT2D eigenvalue weighted by Crippen LogP contribution is -2.50. The van der Waals surface area contributed by atoms with E-state index in [9.17, 15) is 0 Å². The van der Waals surface area contributed by atoms with Crippen molar-refractivity contribution in [3.63, 3.8) is 0 Å². The Hall–Kier alpha value is 0. The molecule has 13 heavy (non-hydrogen) atoms. The van der Waals surface area contributed by atoms with Crippen LogP contribution >= 0.6 is 24.0 Å². The monoisotopic (exact) mass is 295 g/mol. The summed E-state index contributed by atoms with van der Waals surface area (Å²) in [6, 6.07) is 0.626. The number of guanidine groups is 1. The molecule has 0 amide bonds. The topological polar surface area (TPSA) is 50.4 Å². The summed E-state index contributed by atoms with van der Waals surface area (Å²) in [4.78, 5) is 3.91. The highest BCUT2D eigenvalue weighted by Crippen LogP contribution is 2.46. The number of nitrogens with zero attached hydrogens (tertiary/aromatic N) is 1. The Morgan fingerprint density at radius 1 is 1.31 bits per heavy atom. The Morgan fingerprint density at radius 3 is 2.38 bits per heavy atom. The van der Waals surface area contributed by atoms with Gasteiger partial charge in [-0.2, -0.15) is 0 Å². The van der Waals surface area contributed by atoms with Gasteiger partial charge in [0.2, 0.25) is 0 Å². The van der Waals surface area contributed by atoms with Crippen LogP contribution in [0.2, 0.25) is 0 Å². The van der Waals surface area contributed by atoms with Crippen LogP contribution in [-0.4, -0.2) is 19.0 Å². The van der Waals surface area contributed by atoms with Crippen molar-refractivity contribution in [3.8, 4) is 0 Å². The average Bonchev–Trinajstić information content (AvgIpc) is 2.81. The van der Waals surface area contributed by atoms with Crippen LogP contribution in [0.25, 0.3) is 0 Å². The third-order valence-electron chi connectivity index (χ3n) is 3.13. The van der Waals surface area contributed by atoms with Crippen LogP contribution < -0.4 is 11.1 Å². The molecule has 2 fully saturated rings. The molecule has 0 aromatic rings. The molecule has 3 N–H and O–H groups in total. The molecular weight excluding hydrogens is 277 g/mol. The quantitative estimate of drug-likeness (QED) is 0.459. The van der Waals surface area contributed by atoms with E-state index in [1.165, 1.54) is 25.7 Å². The average molecular weight is 295 g/mol. The molecule has 2 rings (SSSR count). The van der Waals surface area contributed by atoms with Crippen molar-refractivity contribution >= 4 is 29.9 Å². The van der Waals surface area contributed by atoms with Gasteiger partial charge >= 0.3 is 0 Å². The van der Waals surface area contributed by atoms with Gasteiger partial charge in [0.15, 0.2) is 5.96 Å². The zero-order valence-corrected chi connectivity index (χ0v) is 10.3. The normalized spacial score (nSPS) is 33.2. The predicted octanol–water partition coefficient (Wildman–Crippen LogP) is 1.33. The first-order valence-corrected chi connectivity index (χ1v) is 4.80. The highest BCUT2D eigenvalue weighted by Gasteiger charge is 2.42. The second kappa shape index (κ2) is 4.48. The van der Waals surface area contributed by atoms with E-state index in [0.717, 1.165) is 11.8 Å². The van der Waals surface area contributed by atoms with Gasteiger partial charge in [0.05, 0.1) is 0 Å². The summed E-state index contributed by atoms with van der Waals surface area (Å²) in [6.45, 7) is 0. The number of hydrogen-bond acceptors (Lipinski definition) is 1. The highest BCUT2D eigenvalue weighted by molar-refractivity contribution is 14.0. The van der Waals surface area contributed by atoms with Crippen LogP contribution in [0.3, 0.4) is 0 Å². The molecule has 2 saturated carbocycles. The molecule has 0 heterocycles. The van der Waals surface area contributed by atoms with Crippen molar-refractivity contribution in [1.82, 2.24) is 5.32 Å². The van der Waals surface area contributed by atoms with Gasteiger partial charge in [-0.15, -0.1) is 24.0 Å². The molecule has 2 aliphatic carbocycles. The first-order valence-electron chi connectivity index (χ1n) is 4.80. The van der Waals surface area contributed by atoms with Gasteiger partial charge in [-0.3, -0.25) is 4.99 Å². The van der Waals surface area contributed by atoms with E-state index in [2.05, 4.69) is 10.3 Å². The van der Waals surface area contributed by atoms with Crippen molar-refractivity contribution in [2.24, 2.45) is 22.6 Å². The molecule has 2 atom stereocenters. The van der Waals surface area contributed by atoms with Gasteiger partial charge in [0, 0.05) is 13.1 Å². The number of rotatable bonds is 2. The zero-order chi connectivity index (χ0) is 8.55. The summed E-state index contributed by atoms with van der Waals surface area (Å²) in [5.41, 5.74) is 5.61. The van der Waals surface area contributed by atoms with Crippen LogP contribution in [0.1, 0.15) is 25.7 Å². The van der Waals surface area contributed by atoms with Crippen molar-refractivity contribution in [2.45, 2.75) is 31.7 Å². The van der Waals surface area contributed by atoms with Crippen LogP contribution in [-0.2, 0) is 0 Å². The minimum atomic E-state index is 0. The minimum absolute atomic E-state index is 0. The minimum Gasteiger partial charge on any atom is -0.370 e. The van der Waals surface area contributed by atoms with Crippen molar-refractivity contribution in [3.05, 3.63) is 0 Å². The van der Waals surface area contributed by atoms with Crippen LogP contribution in [0, 0.1) is 11.8 Å². The standard InChI is InChI=1S/C9H17N3.HI/c1-11-9(10)12-8-5-4-7(8)6-2-3-6;/h6-8H,2-5H2,1H3,(H3,10,11,12);1H. The van der Waals surface area contributed by atoms with Crippen LogP contribution in [0.15, 0.2) is 4.99 Å². The fourth-order valence-electron chi connectivity index (χ4n) is 2.05. The number of hydrogen-bond donors (Lipinski definition) is 2. The fourth-order valence-corrected chi connectivity index (χ4v) is 2.05. The van der Waals surface area contributed by atoms with Gasteiger partial charge in [-0.25, -0.2) is 0 Å². The van der Waals surface area contributed by atoms with Crippen LogP contribution in [0.4, 0.5) is 0 Å². The van der Waals surface area contributed by atoms with E-state index in [1.54, 1.807) is 7.05 Å². The fraction of sp³-hybridized carbons (Fsp3) is 0.889. The molecule has 76 valence electrons. The maximum absolute atomic E-state index is 5.61. The molecule has 2 unspecified atom stereocenters. The Kier molecular flexibility index (Phi) is 3.82. The van der Waals surface area contributed by atoms with E-state index < -0.39 is 0 Å². The van der Waals surface area contributed by atoms with Gasteiger partial charge < -0.3 is 11.1 Å². The Balaban J connectivity index is 0.000000845. The van der Waals surface area contributed by atoms with Crippen molar-refractivity contribution in [2.75, 3.05) is 7.05 Å². The molecule has 0 spiro atoms. The molecule has 0 aromatic heterocycles. The smallest absolute Gasteiger partial charge is 0.188 e. The Morgan fingerprint density at radius 2 is 2.00 bits per heavy atom. The SMILES string of the molecule is CN=C(N)NC1CCC1C1CC1.I. The maximum atomic E-state index is 5.61. The van der Waals surface area contributed by atoms with E-state index in [4.69, 9.17) is 5.73 Å². The Labute approximate surface area is 96.6 Å². The predicted molar refractivity (Wildman–Crippen MR) is 65.3 cm³/mol. The first kappa shape index (κ1) is 11.1. The zero-order valence-electron chi connectivity index (χ0n) is 7.99. The molecule has 4 heteroatoms. The number of nitrogens with one attached hydrogen (secondary N) is 1. The highest BCUT2D eigenvalue weighted by atomic mass is 127. The summed E-state index contributed by atoms with van der Waals surface area (Å²) in [5, 5.41) is 3.27. The summed E-state index contributed by atoms with van der Waals surface area (Å²) < 4.78 is 0. The molecule has 0 bridgehead atoms. The van der Waals surface area contributed by atoms with Crippen molar-refractivity contribution in [1.29, 1.82) is 0 Å². The third-order valence-corrected chi connectivity index (χ3v) is 3.13. The number of aliphatic imine (C=N–C) groups is 1. The molecule has 0 radical (unpaired) electrons. The number of halogens is 1. The summed E-state index contributed by atoms with van der Waals surface area (Å²) >= 11 is 0. The summed E-state index contributed by atoms with van der Waals surface area (Å²) in [5.74, 6) is 2.50. The Bertz CT molecular complexity index is 201. The summed E-state index contributed by atoms with van der Waals surface area (Å²) in [7, 11) is 1.73. The molecule has 2 aliphatic rings. The van der Waals surface area contributed by atoms with Gasteiger partial charge in [0.1, 0.15) is 0 Å². The largest absolute Gasteiger partial charge is 0.370 e. The molecular formula is C9H18IN3. The van der Waals surface area contributed by atoms with E-state index in [0.29, 0.717) is 12.0 Å².